The normalized spacial score (nSPS) is 10.0. The predicted octanol–water partition coefficient (Wildman–Crippen LogP) is 2.46. The molecule has 0 aliphatic rings. The van der Waals surface area contributed by atoms with Gasteiger partial charge in [-0.15, -0.1) is 0 Å². The second-order valence-corrected chi connectivity index (χ2v) is 2.17. The van der Waals surface area contributed by atoms with Gasteiger partial charge in [-0.05, 0) is 25.0 Å². The zero-order valence-corrected chi connectivity index (χ0v) is 5.62. The molecule has 0 nitrogen and oxygen atoms in total. The average molecular weight is 141 g/mol. The highest BCUT2D eigenvalue weighted by Gasteiger charge is 2.06. The highest BCUT2D eigenvalue weighted by atomic mass is 19.2. The van der Waals surface area contributed by atoms with Crippen LogP contribution in [-0.4, -0.2) is 0 Å². The van der Waals surface area contributed by atoms with Gasteiger partial charge in [0.2, 0.25) is 0 Å². The van der Waals surface area contributed by atoms with Crippen molar-refractivity contribution in [3.05, 3.63) is 41.8 Å². The number of aryl methyl sites for hydroxylation is 1. The van der Waals surface area contributed by atoms with Crippen molar-refractivity contribution in [1.29, 1.82) is 0 Å². The summed E-state index contributed by atoms with van der Waals surface area (Å²) in [6, 6.07) is 2.95. The zero-order valence-electron chi connectivity index (χ0n) is 5.62. The monoisotopic (exact) mass is 141 g/mol. The van der Waals surface area contributed by atoms with Crippen molar-refractivity contribution in [2.45, 2.75) is 6.92 Å². The maximum atomic E-state index is 12.6. The molecule has 1 aromatic carbocycles. The van der Waals surface area contributed by atoms with E-state index in [4.69, 9.17) is 0 Å². The molecule has 0 bridgehead atoms. The van der Waals surface area contributed by atoms with E-state index in [1.165, 1.54) is 19.1 Å². The Hall–Kier alpha value is -0.920. The van der Waals surface area contributed by atoms with Crippen molar-refractivity contribution in [3.8, 4) is 0 Å². The van der Waals surface area contributed by atoms with Crippen LogP contribution in [0.25, 0.3) is 0 Å². The van der Waals surface area contributed by atoms with Crippen molar-refractivity contribution >= 4 is 0 Å². The molecular formula is C8H7F2. The molecule has 0 aliphatic carbocycles. The minimum atomic E-state index is -0.847. The summed E-state index contributed by atoms with van der Waals surface area (Å²) in [5, 5.41) is 0. The highest BCUT2D eigenvalue weighted by molar-refractivity contribution is 5.26. The van der Waals surface area contributed by atoms with Crippen LogP contribution in [0, 0.1) is 25.5 Å². The topological polar surface area (TPSA) is 0 Å². The minimum absolute atomic E-state index is 0.100. The maximum Gasteiger partial charge on any atom is 0.162 e. The first-order valence-corrected chi connectivity index (χ1v) is 2.89. The van der Waals surface area contributed by atoms with E-state index in [1.54, 1.807) is 0 Å². The first kappa shape index (κ1) is 7.19. The van der Waals surface area contributed by atoms with Crippen LogP contribution >= 0.6 is 0 Å². The average Bonchev–Trinajstić information content (AvgIpc) is 1.93. The van der Waals surface area contributed by atoms with E-state index in [-0.39, 0.29) is 5.56 Å². The summed E-state index contributed by atoms with van der Waals surface area (Å²) in [5.74, 6) is -1.65. The van der Waals surface area contributed by atoms with Gasteiger partial charge in [-0.2, -0.15) is 0 Å². The quantitative estimate of drug-likeness (QED) is 0.520. The fourth-order valence-electron chi connectivity index (χ4n) is 0.686. The van der Waals surface area contributed by atoms with E-state index in [0.717, 1.165) is 0 Å². The Morgan fingerprint density at radius 1 is 1.20 bits per heavy atom. The van der Waals surface area contributed by atoms with E-state index in [9.17, 15) is 8.78 Å². The molecule has 0 spiro atoms. The third kappa shape index (κ3) is 1.01. The first-order valence-electron chi connectivity index (χ1n) is 2.89. The van der Waals surface area contributed by atoms with Crippen LogP contribution in [-0.2, 0) is 0 Å². The van der Waals surface area contributed by atoms with Crippen molar-refractivity contribution in [3.63, 3.8) is 0 Å². The standard InChI is InChI=1S/C8H7F2/c1-5-3-4-6(2)8(10)7(5)9/h3-4H,1H2,2H3. The fourth-order valence-corrected chi connectivity index (χ4v) is 0.686. The molecule has 0 unspecified atom stereocenters. The van der Waals surface area contributed by atoms with E-state index in [0.29, 0.717) is 5.56 Å². The summed E-state index contributed by atoms with van der Waals surface area (Å²) in [6.45, 7) is 4.82. The Morgan fingerprint density at radius 3 is 2.30 bits per heavy atom. The fraction of sp³-hybridized carbons (Fsp3) is 0.125. The van der Waals surface area contributed by atoms with Gasteiger partial charge in [-0.3, -0.25) is 0 Å². The molecule has 0 aromatic heterocycles. The van der Waals surface area contributed by atoms with Crippen molar-refractivity contribution < 1.29 is 8.78 Å². The molecule has 0 heterocycles. The number of hydrogen-bond acceptors (Lipinski definition) is 0. The number of hydrogen-bond donors (Lipinski definition) is 0. The Bertz CT molecular complexity index is 227. The summed E-state index contributed by atoms with van der Waals surface area (Å²) in [5.41, 5.74) is 0.410. The van der Waals surface area contributed by atoms with Gasteiger partial charge in [0.1, 0.15) is 0 Å². The number of rotatable bonds is 0. The van der Waals surface area contributed by atoms with Crippen LogP contribution in [0.5, 0.6) is 0 Å². The van der Waals surface area contributed by atoms with Crippen LogP contribution in [0.2, 0.25) is 0 Å². The van der Waals surface area contributed by atoms with Gasteiger partial charge >= 0.3 is 0 Å². The van der Waals surface area contributed by atoms with Gasteiger partial charge in [0.05, 0.1) is 0 Å². The lowest BCUT2D eigenvalue weighted by Crippen LogP contribution is -1.91. The van der Waals surface area contributed by atoms with Crippen molar-refractivity contribution in [2.75, 3.05) is 0 Å². The Labute approximate surface area is 58.5 Å². The Morgan fingerprint density at radius 2 is 1.80 bits per heavy atom. The van der Waals surface area contributed by atoms with Gasteiger partial charge in [-0.25, -0.2) is 8.78 Å². The van der Waals surface area contributed by atoms with Gasteiger partial charge in [0.15, 0.2) is 11.6 Å². The molecule has 1 aromatic rings. The molecule has 0 saturated heterocycles. The lowest BCUT2D eigenvalue weighted by molar-refractivity contribution is 0.500. The van der Waals surface area contributed by atoms with Crippen molar-refractivity contribution in [2.24, 2.45) is 0 Å². The lowest BCUT2D eigenvalue weighted by atomic mass is 10.1. The van der Waals surface area contributed by atoms with E-state index >= 15 is 0 Å². The smallest absolute Gasteiger partial charge is 0.162 e. The first-order chi connectivity index (χ1) is 4.63. The zero-order chi connectivity index (χ0) is 7.72. The van der Waals surface area contributed by atoms with Crippen LogP contribution < -0.4 is 0 Å². The summed E-state index contributed by atoms with van der Waals surface area (Å²) < 4.78 is 25.1. The SMILES string of the molecule is [CH2]c1ccc(C)c(F)c1F. The van der Waals surface area contributed by atoms with Crippen LogP contribution in [0.15, 0.2) is 12.1 Å². The maximum absolute atomic E-state index is 12.6. The van der Waals surface area contributed by atoms with Crippen molar-refractivity contribution in [1.82, 2.24) is 0 Å². The Kier molecular flexibility index (Phi) is 1.70. The molecule has 1 radical (unpaired) electrons. The number of halogens is 2. The van der Waals surface area contributed by atoms with Gasteiger partial charge in [0, 0.05) is 0 Å². The Balaban J connectivity index is 3.34. The number of benzene rings is 1. The molecule has 2 heteroatoms. The molecule has 0 saturated carbocycles. The van der Waals surface area contributed by atoms with E-state index in [2.05, 4.69) is 6.92 Å². The largest absolute Gasteiger partial charge is 0.203 e. The summed E-state index contributed by atoms with van der Waals surface area (Å²) in [6.07, 6.45) is 0. The molecule has 0 fully saturated rings. The van der Waals surface area contributed by atoms with Gasteiger partial charge < -0.3 is 0 Å². The predicted molar refractivity (Wildman–Crippen MR) is 35.6 cm³/mol. The second kappa shape index (κ2) is 2.37. The minimum Gasteiger partial charge on any atom is -0.203 e. The van der Waals surface area contributed by atoms with Gasteiger partial charge in [0.25, 0.3) is 0 Å². The summed E-state index contributed by atoms with van der Waals surface area (Å²) in [7, 11) is 0. The molecule has 10 heavy (non-hydrogen) atoms. The molecule has 0 aliphatic heterocycles. The van der Waals surface area contributed by atoms with Crippen LogP contribution in [0.3, 0.4) is 0 Å². The third-order valence-electron chi connectivity index (χ3n) is 1.36. The summed E-state index contributed by atoms with van der Waals surface area (Å²) >= 11 is 0. The molecule has 1 rings (SSSR count). The molecule has 53 valence electrons. The van der Waals surface area contributed by atoms with Gasteiger partial charge in [-0.1, -0.05) is 12.1 Å². The molecular weight excluding hydrogens is 134 g/mol. The van der Waals surface area contributed by atoms with Crippen LogP contribution in [0.4, 0.5) is 8.78 Å². The second-order valence-electron chi connectivity index (χ2n) is 2.17. The molecule has 0 N–H and O–H groups in total. The van der Waals surface area contributed by atoms with Crippen LogP contribution in [0.1, 0.15) is 11.1 Å². The lowest BCUT2D eigenvalue weighted by Gasteiger charge is -1.98. The molecule has 0 amide bonds. The highest BCUT2D eigenvalue weighted by Crippen LogP contribution is 2.13. The molecule has 0 atom stereocenters. The summed E-state index contributed by atoms with van der Waals surface area (Å²) in [4.78, 5) is 0. The van der Waals surface area contributed by atoms with E-state index < -0.39 is 11.6 Å². The third-order valence-corrected chi connectivity index (χ3v) is 1.36. The van der Waals surface area contributed by atoms with E-state index in [1.807, 2.05) is 0 Å².